The molecule has 21 heavy (non-hydrogen) atoms. The van der Waals surface area contributed by atoms with E-state index in [-0.39, 0.29) is 0 Å². The maximum atomic E-state index is 4.70. The molecule has 6 nitrogen and oxygen atoms in total. The molecule has 0 fully saturated rings. The van der Waals surface area contributed by atoms with Gasteiger partial charge in [-0.2, -0.15) is 0 Å². The Morgan fingerprint density at radius 2 is 2.10 bits per heavy atom. The predicted molar refractivity (Wildman–Crippen MR) is 89.2 cm³/mol. The van der Waals surface area contributed by atoms with Crippen LogP contribution in [0.5, 0.6) is 0 Å². The third-order valence-corrected chi connectivity index (χ3v) is 4.41. The summed E-state index contributed by atoms with van der Waals surface area (Å²) < 4.78 is 2.00. The van der Waals surface area contributed by atoms with Gasteiger partial charge in [0.2, 0.25) is 0 Å². The summed E-state index contributed by atoms with van der Waals surface area (Å²) >= 11 is 1.60. The van der Waals surface area contributed by atoms with Gasteiger partial charge in [-0.15, -0.1) is 0 Å². The first-order valence-corrected chi connectivity index (χ1v) is 8.09. The number of aryl methyl sites for hydroxylation is 1. The van der Waals surface area contributed by atoms with Crippen molar-refractivity contribution in [3.63, 3.8) is 0 Å². The number of fused-ring (bicyclic) bond motifs is 3. The molecule has 0 spiro atoms. The zero-order valence-electron chi connectivity index (χ0n) is 12.6. The standard InChI is InChI=1S/C14H20N6S/c1-4-5-6-7-16-14-18-10-11-9(17-8-20(11)3)12(15-2)19-13(10)21-14/h8H,4-7H2,1-3H3,(H,15,19)(H,16,18). The smallest absolute Gasteiger partial charge is 0.185 e. The molecule has 0 unspecified atom stereocenters. The van der Waals surface area contributed by atoms with Crippen molar-refractivity contribution in [3.05, 3.63) is 6.33 Å². The van der Waals surface area contributed by atoms with E-state index in [2.05, 4.69) is 27.5 Å². The molecule has 0 aliphatic heterocycles. The molecule has 0 bridgehead atoms. The highest BCUT2D eigenvalue weighted by atomic mass is 32.1. The van der Waals surface area contributed by atoms with Crippen LogP contribution in [0.1, 0.15) is 26.2 Å². The average molecular weight is 304 g/mol. The number of unbranched alkanes of at least 4 members (excludes halogenated alkanes) is 2. The van der Waals surface area contributed by atoms with Crippen LogP contribution in [0, 0.1) is 0 Å². The van der Waals surface area contributed by atoms with Gasteiger partial charge < -0.3 is 15.2 Å². The number of hydrogen-bond donors (Lipinski definition) is 2. The largest absolute Gasteiger partial charge is 0.371 e. The minimum atomic E-state index is 0.805. The summed E-state index contributed by atoms with van der Waals surface area (Å²) in [5.74, 6) is 0.805. The van der Waals surface area contributed by atoms with Crippen LogP contribution < -0.4 is 10.6 Å². The summed E-state index contributed by atoms with van der Waals surface area (Å²) in [5.41, 5.74) is 2.82. The lowest BCUT2D eigenvalue weighted by Crippen LogP contribution is -2.00. The molecular weight excluding hydrogens is 284 g/mol. The van der Waals surface area contributed by atoms with E-state index in [1.54, 1.807) is 17.7 Å². The van der Waals surface area contributed by atoms with Crippen LogP contribution in [0.15, 0.2) is 6.33 Å². The van der Waals surface area contributed by atoms with Crippen LogP contribution in [0.3, 0.4) is 0 Å². The molecule has 0 saturated heterocycles. The molecule has 0 aliphatic rings. The Labute approximate surface area is 127 Å². The molecule has 0 aromatic carbocycles. The quantitative estimate of drug-likeness (QED) is 0.684. The zero-order valence-corrected chi connectivity index (χ0v) is 13.4. The molecule has 2 N–H and O–H groups in total. The number of nitrogens with zero attached hydrogens (tertiary/aromatic N) is 4. The van der Waals surface area contributed by atoms with E-state index >= 15 is 0 Å². The van der Waals surface area contributed by atoms with Crippen molar-refractivity contribution >= 4 is 43.7 Å². The van der Waals surface area contributed by atoms with Crippen molar-refractivity contribution in [3.8, 4) is 0 Å². The summed E-state index contributed by atoms with van der Waals surface area (Å²) in [4.78, 5) is 14.7. The van der Waals surface area contributed by atoms with Gasteiger partial charge in [0.25, 0.3) is 0 Å². The van der Waals surface area contributed by atoms with Gasteiger partial charge >= 0.3 is 0 Å². The highest BCUT2D eigenvalue weighted by Gasteiger charge is 2.15. The fourth-order valence-corrected chi connectivity index (χ4v) is 3.27. The van der Waals surface area contributed by atoms with Gasteiger partial charge in [0.15, 0.2) is 10.9 Å². The molecule has 3 heterocycles. The minimum absolute atomic E-state index is 0.805. The molecular formula is C14H20N6S. The Kier molecular flexibility index (Phi) is 3.92. The highest BCUT2D eigenvalue weighted by molar-refractivity contribution is 7.21. The summed E-state index contributed by atoms with van der Waals surface area (Å²) in [5, 5.41) is 7.45. The van der Waals surface area contributed by atoms with Crippen LogP contribution in [0.25, 0.3) is 21.4 Å². The fourth-order valence-electron chi connectivity index (χ4n) is 2.40. The van der Waals surface area contributed by atoms with E-state index in [1.807, 2.05) is 18.7 Å². The summed E-state index contributed by atoms with van der Waals surface area (Å²) in [6, 6.07) is 0. The summed E-state index contributed by atoms with van der Waals surface area (Å²) in [6.45, 7) is 3.17. The third kappa shape index (κ3) is 2.53. The molecule has 112 valence electrons. The van der Waals surface area contributed by atoms with Crippen molar-refractivity contribution in [2.24, 2.45) is 7.05 Å². The number of nitrogens with one attached hydrogen (secondary N) is 2. The van der Waals surface area contributed by atoms with Gasteiger partial charge in [0.1, 0.15) is 21.4 Å². The normalized spacial score (nSPS) is 11.4. The molecule has 3 rings (SSSR count). The maximum Gasteiger partial charge on any atom is 0.185 e. The molecule has 7 heteroatoms. The Morgan fingerprint density at radius 3 is 2.86 bits per heavy atom. The van der Waals surface area contributed by atoms with E-state index < -0.39 is 0 Å². The number of hydrogen-bond acceptors (Lipinski definition) is 6. The SMILES string of the molecule is CCCCCNc1nc2c(nc(NC)c3ncn(C)c32)s1. The number of pyridine rings is 1. The maximum absolute atomic E-state index is 4.70. The number of aromatic nitrogens is 4. The van der Waals surface area contributed by atoms with Crippen molar-refractivity contribution in [2.45, 2.75) is 26.2 Å². The van der Waals surface area contributed by atoms with Crippen molar-refractivity contribution in [1.29, 1.82) is 0 Å². The van der Waals surface area contributed by atoms with Gasteiger partial charge in [-0.3, -0.25) is 0 Å². The molecule has 0 radical (unpaired) electrons. The lowest BCUT2D eigenvalue weighted by Gasteiger charge is -2.01. The first kappa shape index (κ1) is 14.1. The van der Waals surface area contributed by atoms with Crippen LogP contribution in [0.2, 0.25) is 0 Å². The van der Waals surface area contributed by atoms with Crippen LogP contribution in [-0.4, -0.2) is 33.1 Å². The van der Waals surface area contributed by atoms with Crippen molar-refractivity contribution in [1.82, 2.24) is 19.5 Å². The van der Waals surface area contributed by atoms with Gasteiger partial charge in [-0.05, 0) is 6.42 Å². The second-order valence-corrected chi connectivity index (χ2v) is 6.05. The summed E-state index contributed by atoms with van der Waals surface area (Å²) in [6.07, 6.45) is 5.44. The first-order chi connectivity index (χ1) is 10.2. The van der Waals surface area contributed by atoms with Crippen molar-refractivity contribution in [2.75, 3.05) is 24.2 Å². The van der Waals surface area contributed by atoms with Gasteiger partial charge in [0, 0.05) is 20.6 Å². The Hall–Kier alpha value is -1.89. The van der Waals surface area contributed by atoms with Crippen LogP contribution in [0.4, 0.5) is 10.9 Å². The highest BCUT2D eigenvalue weighted by Crippen LogP contribution is 2.32. The average Bonchev–Trinajstić information content (AvgIpc) is 3.06. The lowest BCUT2D eigenvalue weighted by atomic mass is 10.2. The van der Waals surface area contributed by atoms with Gasteiger partial charge in [0.05, 0.1) is 6.33 Å². The van der Waals surface area contributed by atoms with Gasteiger partial charge in [-0.25, -0.2) is 15.0 Å². The molecule has 0 atom stereocenters. The Balaban J connectivity index is 2.00. The Morgan fingerprint density at radius 1 is 1.24 bits per heavy atom. The number of thiazole rings is 1. The van der Waals surface area contributed by atoms with Crippen LogP contribution in [-0.2, 0) is 7.05 Å². The summed E-state index contributed by atoms with van der Waals surface area (Å²) in [7, 11) is 3.86. The van der Waals surface area contributed by atoms with Crippen LogP contribution >= 0.6 is 11.3 Å². The topological polar surface area (TPSA) is 67.7 Å². The fraction of sp³-hybridized carbons (Fsp3) is 0.500. The zero-order chi connectivity index (χ0) is 14.8. The van der Waals surface area contributed by atoms with E-state index in [1.165, 1.54) is 19.3 Å². The van der Waals surface area contributed by atoms with E-state index in [0.29, 0.717) is 0 Å². The molecule has 0 amide bonds. The first-order valence-electron chi connectivity index (χ1n) is 7.27. The number of imidazole rings is 1. The number of rotatable bonds is 6. The monoisotopic (exact) mass is 304 g/mol. The predicted octanol–water partition coefficient (Wildman–Crippen LogP) is 3.22. The third-order valence-electron chi connectivity index (χ3n) is 3.50. The second kappa shape index (κ2) is 5.85. The Bertz CT molecular complexity index is 760. The minimum Gasteiger partial charge on any atom is -0.371 e. The molecule has 0 saturated carbocycles. The molecule has 0 aliphatic carbocycles. The van der Waals surface area contributed by atoms with Crippen molar-refractivity contribution < 1.29 is 0 Å². The molecule has 3 aromatic rings. The van der Waals surface area contributed by atoms with E-state index in [9.17, 15) is 0 Å². The second-order valence-electron chi connectivity index (χ2n) is 5.07. The molecule has 3 aromatic heterocycles. The lowest BCUT2D eigenvalue weighted by molar-refractivity contribution is 0.743. The number of anilines is 2. The van der Waals surface area contributed by atoms with Gasteiger partial charge in [-0.1, -0.05) is 31.1 Å². The van der Waals surface area contributed by atoms with E-state index in [0.717, 1.165) is 38.9 Å². The van der Waals surface area contributed by atoms with E-state index in [4.69, 9.17) is 4.98 Å².